The minimum Gasteiger partial charge on any atom is -0.381 e. The van der Waals surface area contributed by atoms with Crippen molar-refractivity contribution >= 4 is 0 Å². The first kappa shape index (κ1) is 9.04. The summed E-state index contributed by atoms with van der Waals surface area (Å²) in [4.78, 5) is 0. The van der Waals surface area contributed by atoms with Crippen molar-refractivity contribution in [1.82, 2.24) is 0 Å². The van der Waals surface area contributed by atoms with Crippen LogP contribution in [0.1, 0.15) is 40.9 Å². The largest absolute Gasteiger partial charge is 0.381 e. The molecule has 2 aliphatic carbocycles. The van der Waals surface area contributed by atoms with Crippen LogP contribution in [0.4, 0.5) is 0 Å². The molecule has 0 N–H and O–H groups in total. The van der Waals surface area contributed by atoms with E-state index >= 15 is 0 Å². The fraction of sp³-hybridized carbons (Fsp3) is 1.00. The lowest BCUT2D eigenvalue weighted by Gasteiger charge is -2.32. The van der Waals surface area contributed by atoms with Crippen LogP contribution in [0.15, 0.2) is 0 Å². The van der Waals surface area contributed by atoms with Gasteiger partial charge in [-0.2, -0.15) is 0 Å². The molecule has 3 rings (SSSR count). The first-order chi connectivity index (χ1) is 7.68. The zero-order valence-electron chi connectivity index (χ0n) is 11.0. The SMILES string of the molecule is [3H]C(C1CCOC1)C1CC2CC1C(C)C2C. The molecule has 1 aliphatic heterocycles. The summed E-state index contributed by atoms with van der Waals surface area (Å²) >= 11 is 0. The number of rotatable bonds is 2. The van der Waals surface area contributed by atoms with Gasteiger partial charge in [0.1, 0.15) is 0 Å². The van der Waals surface area contributed by atoms with Gasteiger partial charge in [-0.1, -0.05) is 13.8 Å². The van der Waals surface area contributed by atoms with E-state index in [1.165, 1.54) is 12.8 Å². The third-order valence-corrected chi connectivity index (χ3v) is 5.43. The average molecular weight is 210 g/mol. The van der Waals surface area contributed by atoms with Crippen LogP contribution in [0.5, 0.6) is 0 Å². The summed E-state index contributed by atoms with van der Waals surface area (Å²) in [6.07, 6.45) is 4.04. The van der Waals surface area contributed by atoms with Gasteiger partial charge in [0.15, 0.2) is 0 Å². The molecule has 2 bridgehead atoms. The van der Waals surface area contributed by atoms with E-state index in [1.807, 2.05) is 0 Å². The van der Waals surface area contributed by atoms with Gasteiger partial charge < -0.3 is 4.74 Å². The Morgan fingerprint density at radius 2 is 2.13 bits per heavy atom. The first-order valence-electron chi connectivity index (χ1n) is 7.26. The fourth-order valence-electron chi connectivity index (χ4n) is 4.27. The summed E-state index contributed by atoms with van der Waals surface area (Å²) < 4.78 is 13.9. The monoisotopic (exact) mass is 210 g/mol. The maximum atomic E-state index is 8.50. The van der Waals surface area contributed by atoms with E-state index in [-0.39, 0.29) is 6.40 Å². The Bertz CT molecular complexity index is 259. The summed E-state index contributed by atoms with van der Waals surface area (Å²) in [5.74, 6) is 4.77. The van der Waals surface area contributed by atoms with Crippen LogP contribution in [-0.2, 0) is 4.74 Å². The van der Waals surface area contributed by atoms with Gasteiger partial charge >= 0.3 is 0 Å². The van der Waals surface area contributed by atoms with E-state index in [9.17, 15) is 0 Å². The van der Waals surface area contributed by atoms with Crippen molar-refractivity contribution in [2.75, 3.05) is 13.2 Å². The molecule has 0 aromatic carbocycles. The number of ether oxygens (including phenoxy) is 1. The molecule has 7 atom stereocenters. The molecule has 0 radical (unpaired) electrons. The number of hydrogen-bond acceptors (Lipinski definition) is 1. The van der Waals surface area contributed by atoms with Crippen molar-refractivity contribution in [3.63, 3.8) is 0 Å². The molecule has 0 amide bonds. The van der Waals surface area contributed by atoms with Crippen molar-refractivity contribution < 1.29 is 6.11 Å². The molecule has 86 valence electrons. The van der Waals surface area contributed by atoms with Gasteiger partial charge in [-0.25, -0.2) is 0 Å². The van der Waals surface area contributed by atoms with E-state index in [4.69, 9.17) is 6.11 Å². The van der Waals surface area contributed by atoms with E-state index in [1.54, 1.807) is 0 Å². The molecule has 0 aromatic rings. The highest BCUT2D eigenvalue weighted by molar-refractivity contribution is 4.98. The Morgan fingerprint density at radius 1 is 1.27 bits per heavy atom. The molecular weight excluding hydrogens is 184 g/mol. The van der Waals surface area contributed by atoms with Crippen molar-refractivity contribution in [1.29, 1.82) is 0 Å². The zero-order valence-corrected chi connectivity index (χ0v) is 9.99. The smallest absolute Gasteiger partial charge is 0.0495 e. The lowest BCUT2D eigenvalue weighted by molar-refractivity contribution is 0.147. The van der Waals surface area contributed by atoms with Crippen LogP contribution < -0.4 is 0 Å². The van der Waals surface area contributed by atoms with Crippen molar-refractivity contribution in [3.8, 4) is 0 Å². The van der Waals surface area contributed by atoms with Gasteiger partial charge in [0.05, 0.1) is 0 Å². The third kappa shape index (κ3) is 1.63. The Balaban J connectivity index is 1.68. The Hall–Kier alpha value is -0.0400. The highest BCUT2D eigenvalue weighted by Gasteiger charge is 2.48. The fourth-order valence-corrected chi connectivity index (χ4v) is 4.27. The molecule has 3 fully saturated rings. The lowest BCUT2D eigenvalue weighted by Crippen LogP contribution is -2.26. The topological polar surface area (TPSA) is 9.23 Å². The second-order valence-corrected chi connectivity index (χ2v) is 6.09. The van der Waals surface area contributed by atoms with Gasteiger partial charge in [-0.3, -0.25) is 0 Å². The van der Waals surface area contributed by atoms with Crippen LogP contribution >= 0.6 is 0 Å². The highest BCUT2D eigenvalue weighted by atomic mass is 16.5. The summed E-state index contributed by atoms with van der Waals surface area (Å²) in [6, 6.07) is 0. The molecule has 7 unspecified atom stereocenters. The van der Waals surface area contributed by atoms with Crippen LogP contribution in [0, 0.1) is 35.5 Å². The second kappa shape index (κ2) is 3.76. The summed E-state index contributed by atoms with van der Waals surface area (Å²) in [5.41, 5.74) is 0. The van der Waals surface area contributed by atoms with Gasteiger partial charge in [-0.15, -0.1) is 0 Å². The molecule has 2 saturated carbocycles. The predicted octanol–water partition coefficient (Wildman–Crippen LogP) is 3.34. The maximum absolute atomic E-state index is 8.50. The Kier molecular flexibility index (Phi) is 2.27. The van der Waals surface area contributed by atoms with Crippen LogP contribution in [0.25, 0.3) is 0 Å². The van der Waals surface area contributed by atoms with Crippen molar-refractivity contribution in [3.05, 3.63) is 0 Å². The predicted molar refractivity (Wildman–Crippen MR) is 61.6 cm³/mol. The molecule has 1 saturated heterocycles. The van der Waals surface area contributed by atoms with E-state index in [0.717, 1.165) is 43.3 Å². The molecule has 15 heavy (non-hydrogen) atoms. The zero-order chi connectivity index (χ0) is 11.3. The molecule has 1 heteroatoms. The van der Waals surface area contributed by atoms with Gasteiger partial charge in [-0.05, 0) is 61.2 Å². The number of hydrogen-bond donors (Lipinski definition) is 0. The first-order valence-corrected chi connectivity index (χ1v) is 6.68. The Labute approximate surface area is 95.0 Å². The van der Waals surface area contributed by atoms with Crippen molar-refractivity contribution in [2.45, 2.75) is 39.5 Å². The van der Waals surface area contributed by atoms with E-state index in [0.29, 0.717) is 11.8 Å². The minimum absolute atomic E-state index is 0.160. The molecule has 0 spiro atoms. The van der Waals surface area contributed by atoms with E-state index < -0.39 is 0 Å². The normalized spacial score (nSPS) is 57.1. The second-order valence-electron chi connectivity index (χ2n) is 6.09. The summed E-state index contributed by atoms with van der Waals surface area (Å²) in [5, 5.41) is 0. The van der Waals surface area contributed by atoms with Gasteiger partial charge in [0, 0.05) is 14.6 Å². The summed E-state index contributed by atoms with van der Waals surface area (Å²) in [6.45, 7) is 6.58. The Morgan fingerprint density at radius 3 is 2.73 bits per heavy atom. The number of fused-ring (bicyclic) bond motifs is 2. The molecule has 3 aliphatic rings. The van der Waals surface area contributed by atoms with Crippen molar-refractivity contribution in [2.24, 2.45) is 35.5 Å². The average Bonchev–Trinajstić information content (AvgIpc) is 2.97. The van der Waals surface area contributed by atoms with Crippen LogP contribution in [-0.4, -0.2) is 13.2 Å². The molecule has 1 nitrogen and oxygen atoms in total. The minimum atomic E-state index is 0.160. The highest BCUT2D eigenvalue weighted by Crippen LogP contribution is 2.56. The maximum Gasteiger partial charge on any atom is 0.0495 e. The van der Waals surface area contributed by atoms with Crippen LogP contribution in [0.2, 0.25) is 0 Å². The molecule has 1 heterocycles. The van der Waals surface area contributed by atoms with Crippen LogP contribution in [0.3, 0.4) is 0 Å². The van der Waals surface area contributed by atoms with Gasteiger partial charge in [0.2, 0.25) is 0 Å². The molecular formula is C14H24O. The lowest BCUT2D eigenvalue weighted by atomic mass is 9.73. The summed E-state index contributed by atoms with van der Waals surface area (Å²) in [7, 11) is 0. The quantitative estimate of drug-likeness (QED) is 0.679. The third-order valence-electron chi connectivity index (χ3n) is 5.43. The molecule has 0 aromatic heterocycles. The standard InChI is InChI=1S/C14H24O/c1-9-10(2)14-7-12(9)6-13(14)5-11-3-4-15-8-11/h9-14H,3-8H2,1-2H3/i5T. The van der Waals surface area contributed by atoms with E-state index in [2.05, 4.69) is 13.8 Å². The van der Waals surface area contributed by atoms with Gasteiger partial charge in [0.25, 0.3) is 0 Å².